The highest BCUT2D eigenvalue weighted by Crippen LogP contribution is 2.21. The Balaban J connectivity index is 2.01. The average Bonchev–Trinajstić information content (AvgIpc) is 2.51. The molecule has 0 fully saturated rings. The fourth-order valence-electron chi connectivity index (χ4n) is 1.49. The van der Waals surface area contributed by atoms with Gasteiger partial charge in [-0.1, -0.05) is 30.0 Å². The Hall–Kier alpha value is -1.73. The number of esters is 1. The number of methoxy groups -OCH3 is 1. The fourth-order valence-corrected chi connectivity index (χ4v) is 3.02. The second-order valence-electron chi connectivity index (χ2n) is 4.01. The zero-order valence-electron chi connectivity index (χ0n) is 11.4. The normalized spacial score (nSPS) is 10.3. The molecular weight excluding hydrogens is 308 g/mol. The van der Waals surface area contributed by atoms with Crippen molar-refractivity contribution >= 4 is 29.5 Å². The molecule has 0 unspecified atom stereocenters. The first-order valence-electron chi connectivity index (χ1n) is 6.15. The molecule has 5 nitrogen and oxygen atoms in total. The fraction of sp³-hybridized carbons (Fsp3) is 0.214. The monoisotopic (exact) mass is 322 g/mol. The van der Waals surface area contributed by atoms with Crippen LogP contribution in [0.1, 0.15) is 5.69 Å². The van der Waals surface area contributed by atoms with E-state index in [4.69, 9.17) is 0 Å². The van der Waals surface area contributed by atoms with Gasteiger partial charge in [0.2, 0.25) is 0 Å². The molecule has 21 heavy (non-hydrogen) atoms. The predicted molar refractivity (Wildman–Crippen MR) is 83.6 cm³/mol. The summed E-state index contributed by atoms with van der Waals surface area (Å²) < 4.78 is 4.55. The minimum Gasteiger partial charge on any atom is -0.468 e. The first-order valence-corrected chi connectivity index (χ1v) is 8.12. The van der Waals surface area contributed by atoms with Crippen molar-refractivity contribution in [3.05, 3.63) is 52.4 Å². The molecule has 0 aliphatic carbocycles. The van der Waals surface area contributed by atoms with E-state index >= 15 is 0 Å². The van der Waals surface area contributed by atoms with Crippen LogP contribution in [0, 0.1) is 0 Å². The van der Waals surface area contributed by atoms with E-state index in [1.807, 2.05) is 30.3 Å². The summed E-state index contributed by atoms with van der Waals surface area (Å²) in [6.07, 6.45) is 0. The lowest BCUT2D eigenvalue weighted by Crippen LogP contribution is -2.11. The lowest BCUT2D eigenvalue weighted by Gasteiger charge is -2.04. The van der Waals surface area contributed by atoms with Crippen LogP contribution in [0.3, 0.4) is 0 Å². The molecular formula is C14H14N2O3S2. The highest BCUT2D eigenvalue weighted by molar-refractivity contribution is 7.99. The molecule has 0 aliphatic rings. The molecule has 7 heteroatoms. The summed E-state index contributed by atoms with van der Waals surface area (Å²) in [5, 5.41) is 0.427. The molecule has 0 spiro atoms. The Morgan fingerprint density at radius 1 is 1.29 bits per heavy atom. The molecule has 110 valence electrons. The summed E-state index contributed by atoms with van der Waals surface area (Å²) in [5.41, 5.74) is 0.459. The van der Waals surface area contributed by atoms with Crippen LogP contribution < -0.4 is 5.56 Å². The first-order chi connectivity index (χ1) is 10.2. The van der Waals surface area contributed by atoms with Crippen LogP contribution in [0.4, 0.5) is 0 Å². The van der Waals surface area contributed by atoms with Crippen LogP contribution in [0.2, 0.25) is 0 Å². The molecule has 0 bridgehead atoms. The van der Waals surface area contributed by atoms with Crippen LogP contribution in [-0.2, 0) is 15.3 Å². The molecule has 2 rings (SSSR count). The molecule has 0 amide bonds. The van der Waals surface area contributed by atoms with E-state index in [-0.39, 0.29) is 17.3 Å². The van der Waals surface area contributed by atoms with Crippen LogP contribution in [0.5, 0.6) is 0 Å². The van der Waals surface area contributed by atoms with Crippen LogP contribution in [0.15, 0.2) is 51.2 Å². The van der Waals surface area contributed by atoms with Gasteiger partial charge in [0.15, 0.2) is 5.16 Å². The molecule has 2 aromatic rings. The van der Waals surface area contributed by atoms with Crippen LogP contribution in [-0.4, -0.2) is 28.8 Å². The minimum atomic E-state index is -0.355. The number of carbonyl (C=O) groups excluding carboxylic acids is 1. The molecule has 0 saturated carbocycles. The Labute approximate surface area is 130 Å². The van der Waals surface area contributed by atoms with Gasteiger partial charge in [-0.15, -0.1) is 11.8 Å². The van der Waals surface area contributed by atoms with Crippen LogP contribution >= 0.6 is 23.5 Å². The van der Waals surface area contributed by atoms with E-state index in [0.29, 0.717) is 16.6 Å². The van der Waals surface area contributed by atoms with Crippen molar-refractivity contribution in [2.24, 2.45) is 0 Å². The van der Waals surface area contributed by atoms with Crippen molar-refractivity contribution in [2.45, 2.75) is 15.8 Å². The summed E-state index contributed by atoms with van der Waals surface area (Å²) in [5.74, 6) is 0.362. The summed E-state index contributed by atoms with van der Waals surface area (Å²) in [6, 6.07) is 11.4. The number of aromatic nitrogens is 2. The third kappa shape index (κ3) is 5.28. The van der Waals surface area contributed by atoms with Gasteiger partial charge in [0.25, 0.3) is 5.56 Å². The number of hydrogen-bond acceptors (Lipinski definition) is 6. The van der Waals surface area contributed by atoms with Gasteiger partial charge in [-0.3, -0.25) is 9.59 Å². The summed E-state index contributed by atoms with van der Waals surface area (Å²) in [6.45, 7) is 0. The largest absolute Gasteiger partial charge is 0.468 e. The van der Waals surface area contributed by atoms with Crippen molar-refractivity contribution in [2.75, 3.05) is 12.9 Å². The van der Waals surface area contributed by atoms with E-state index in [0.717, 1.165) is 16.7 Å². The van der Waals surface area contributed by atoms with Crippen molar-refractivity contribution in [3.8, 4) is 0 Å². The predicted octanol–water partition coefficient (Wildman–Crippen LogP) is 2.33. The highest BCUT2D eigenvalue weighted by atomic mass is 32.2. The number of rotatable bonds is 6. The van der Waals surface area contributed by atoms with Gasteiger partial charge in [0.05, 0.1) is 18.6 Å². The lowest BCUT2D eigenvalue weighted by molar-refractivity contribution is -0.137. The number of nitrogens with zero attached hydrogens (tertiary/aromatic N) is 1. The quantitative estimate of drug-likeness (QED) is 0.500. The van der Waals surface area contributed by atoms with E-state index < -0.39 is 0 Å². The third-order valence-electron chi connectivity index (χ3n) is 2.46. The molecule has 0 saturated heterocycles. The van der Waals surface area contributed by atoms with Crippen molar-refractivity contribution in [1.29, 1.82) is 0 Å². The Morgan fingerprint density at radius 2 is 2.05 bits per heavy atom. The number of hydrogen-bond donors (Lipinski definition) is 1. The van der Waals surface area contributed by atoms with E-state index in [1.54, 1.807) is 11.8 Å². The number of benzene rings is 1. The van der Waals surface area contributed by atoms with Gasteiger partial charge in [-0.05, 0) is 12.1 Å². The molecule has 1 aromatic carbocycles. The average molecular weight is 322 g/mol. The Kier molecular flexibility index (Phi) is 5.89. The van der Waals surface area contributed by atoms with Gasteiger partial charge < -0.3 is 9.72 Å². The zero-order valence-corrected chi connectivity index (χ0v) is 13.0. The Bertz CT molecular complexity index is 659. The molecule has 1 aromatic heterocycles. The standard InChI is InChI=1S/C14H14N2O3S2/c1-19-13(18)9-21-14-15-10(7-12(17)16-14)8-20-11-5-3-2-4-6-11/h2-7H,8-9H2,1H3,(H,15,16,17). The number of nitrogens with one attached hydrogen (secondary N) is 1. The topological polar surface area (TPSA) is 72.0 Å². The number of thioether (sulfide) groups is 2. The van der Waals surface area contributed by atoms with Crippen molar-refractivity contribution in [1.82, 2.24) is 9.97 Å². The molecule has 0 aliphatic heterocycles. The Morgan fingerprint density at radius 3 is 2.76 bits per heavy atom. The minimum absolute atomic E-state index is 0.120. The summed E-state index contributed by atoms with van der Waals surface area (Å²) in [4.78, 5) is 30.8. The summed E-state index contributed by atoms with van der Waals surface area (Å²) >= 11 is 2.76. The second kappa shape index (κ2) is 7.90. The van der Waals surface area contributed by atoms with Crippen LogP contribution in [0.25, 0.3) is 0 Å². The van der Waals surface area contributed by atoms with Crippen molar-refractivity contribution < 1.29 is 9.53 Å². The molecule has 1 N–H and O–H groups in total. The molecule has 1 heterocycles. The third-order valence-corrected chi connectivity index (χ3v) is 4.35. The number of carbonyl (C=O) groups is 1. The lowest BCUT2D eigenvalue weighted by atomic mass is 10.4. The van der Waals surface area contributed by atoms with Gasteiger partial charge in [0, 0.05) is 16.7 Å². The van der Waals surface area contributed by atoms with Gasteiger partial charge in [0.1, 0.15) is 0 Å². The van der Waals surface area contributed by atoms with E-state index in [9.17, 15) is 9.59 Å². The highest BCUT2D eigenvalue weighted by Gasteiger charge is 2.06. The summed E-state index contributed by atoms with van der Waals surface area (Å²) in [7, 11) is 1.33. The number of ether oxygens (including phenoxy) is 1. The number of aromatic amines is 1. The van der Waals surface area contributed by atoms with E-state index in [1.165, 1.54) is 13.2 Å². The van der Waals surface area contributed by atoms with Crippen molar-refractivity contribution in [3.63, 3.8) is 0 Å². The maximum atomic E-state index is 11.6. The SMILES string of the molecule is COC(=O)CSc1nc(CSc2ccccc2)cc(=O)[nH]1. The van der Waals surface area contributed by atoms with Gasteiger partial charge in [-0.2, -0.15) is 0 Å². The zero-order chi connectivity index (χ0) is 15.1. The first kappa shape index (κ1) is 15.7. The van der Waals surface area contributed by atoms with Gasteiger partial charge in [-0.25, -0.2) is 4.98 Å². The molecule has 0 radical (unpaired) electrons. The van der Waals surface area contributed by atoms with E-state index in [2.05, 4.69) is 14.7 Å². The second-order valence-corrected chi connectivity index (χ2v) is 6.02. The smallest absolute Gasteiger partial charge is 0.316 e. The van der Waals surface area contributed by atoms with Gasteiger partial charge >= 0.3 is 5.97 Å². The molecule has 0 atom stereocenters. The maximum Gasteiger partial charge on any atom is 0.316 e. The number of H-pyrrole nitrogens is 1. The maximum absolute atomic E-state index is 11.6.